The molecule has 2 aromatic rings. The Labute approximate surface area is 206 Å². The van der Waals surface area contributed by atoms with E-state index in [2.05, 4.69) is 9.80 Å². The maximum absolute atomic E-state index is 15.1. The van der Waals surface area contributed by atoms with Crippen LogP contribution in [0.25, 0.3) is 11.1 Å². The number of hydrogen-bond donors (Lipinski definition) is 0. The highest BCUT2D eigenvalue weighted by molar-refractivity contribution is 5.98. The topological polar surface area (TPSA) is 43.9 Å². The van der Waals surface area contributed by atoms with Crippen LogP contribution < -0.4 is 0 Å². The fraction of sp³-hybridized carbons (Fsp3) is 0.517. The lowest BCUT2D eigenvalue weighted by molar-refractivity contribution is 0.0646. The van der Waals surface area contributed by atoms with Crippen molar-refractivity contribution in [1.29, 1.82) is 0 Å². The lowest BCUT2D eigenvalue weighted by atomic mass is 9.91. The van der Waals surface area contributed by atoms with Crippen LogP contribution in [0.15, 0.2) is 36.4 Å². The SMILES string of the molecule is C[C@@H]1CCCN1C(=O)c1ccc(-c2ccc3c(c2)CCN([C@@H]2CCN(C4CCC4)C2)C3=O)c(F)c1. The lowest BCUT2D eigenvalue weighted by Crippen LogP contribution is -2.47. The van der Waals surface area contributed by atoms with Gasteiger partial charge in [0, 0.05) is 61.0 Å². The molecule has 0 bridgehead atoms. The summed E-state index contributed by atoms with van der Waals surface area (Å²) in [5, 5.41) is 0. The summed E-state index contributed by atoms with van der Waals surface area (Å²) < 4.78 is 15.1. The molecule has 3 aliphatic heterocycles. The summed E-state index contributed by atoms with van der Waals surface area (Å²) in [7, 11) is 0. The summed E-state index contributed by atoms with van der Waals surface area (Å²) in [6, 6.07) is 11.7. The van der Waals surface area contributed by atoms with Crippen LogP contribution in [-0.2, 0) is 6.42 Å². The quantitative estimate of drug-likeness (QED) is 0.642. The Balaban J connectivity index is 1.18. The number of carbonyl (C=O) groups excluding carboxylic acids is 2. The van der Waals surface area contributed by atoms with Crippen molar-refractivity contribution in [1.82, 2.24) is 14.7 Å². The molecule has 2 amide bonds. The van der Waals surface area contributed by atoms with Gasteiger partial charge in [-0.3, -0.25) is 14.5 Å². The van der Waals surface area contributed by atoms with Crippen molar-refractivity contribution in [2.45, 2.75) is 70.0 Å². The molecule has 2 saturated heterocycles. The maximum Gasteiger partial charge on any atom is 0.254 e. The Bertz CT molecular complexity index is 1160. The first kappa shape index (κ1) is 22.7. The average molecular weight is 476 g/mol. The van der Waals surface area contributed by atoms with Gasteiger partial charge in [0.1, 0.15) is 5.82 Å². The highest BCUT2D eigenvalue weighted by Crippen LogP contribution is 2.33. The Morgan fingerprint density at radius 1 is 0.914 bits per heavy atom. The van der Waals surface area contributed by atoms with Gasteiger partial charge >= 0.3 is 0 Å². The van der Waals surface area contributed by atoms with E-state index in [0.29, 0.717) is 17.2 Å². The molecule has 2 aromatic carbocycles. The van der Waals surface area contributed by atoms with Crippen molar-refractivity contribution < 1.29 is 14.0 Å². The average Bonchev–Trinajstić information content (AvgIpc) is 3.47. The van der Waals surface area contributed by atoms with Gasteiger partial charge in [0.05, 0.1) is 0 Å². The van der Waals surface area contributed by atoms with E-state index >= 15 is 4.39 Å². The van der Waals surface area contributed by atoms with E-state index in [-0.39, 0.29) is 17.9 Å². The largest absolute Gasteiger partial charge is 0.336 e. The number of carbonyl (C=O) groups is 2. The molecule has 0 radical (unpaired) electrons. The molecule has 35 heavy (non-hydrogen) atoms. The number of likely N-dealkylation sites (tertiary alicyclic amines) is 2. The highest BCUT2D eigenvalue weighted by Gasteiger charge is 2.37. The zero-order chi connectivity index (χ0) is 24.1. The molecule has 4 aliphatic rings. The maximum atomic E-state index is 15.1. The number of fused-ring (bicyclic) bond motifs is 1. The first-order valence-electron chi connectivity index (χ1n) is 13.3. The fourth-order valence-electron chi connectivity index (χ4n) is 6.41. The van der Waals surface area contributed by atoms with Gasteiger partial charge < -0.3 is 9.80 Å². The Morgan fingerprint density at radius 3 is 2.46 bits per heavy atom. The predicted molar refractivity (Wildman–Crippen MR) is 134 cm³/mol. The van der Waals surface area contributed by atoms with E-state index in [1.807, 2.05) is 30.0 Å². The van der Waals surface area contributed by atoms with Crippen molar-refractivity contribution in [2.75, 3.05) is 26.2 Å². The lowest BCUT2D eigenvalue weighted by Gasteiger charge is -2.37. The second-order valence-electron chi connectivity index (χ2n) is 10.8. The van der Waals surface area contributed by atoms with Gasteiger partial charge in [-0.15, -0.1) is 0 Å². The number of hydrogen-bond acceptors (Lipinski definition) is 3. The number of benzene rings is 2. The molecule has 0 N–H and O–H groups in total. The van der Waals surface area contributed by atoms with Gasteiger partial charge in [-0.25, -0.2) is 4.39 Å². The molecule has 184 valence electrons. The van der Waals surface area contributed by atoms with Crippen LogP contribution in [0.3, 0.4) is 0 Å². The standard InChI is InChI=1S/C29H34FN3O2/c1-19-4-3-13-32(19)28(34)22-8-9-25(27(30)17-22)20-7-10-26-21(16-20)11-15-33(29(26)35)24-12-14-31(18-24)23-5-2-6-23/h7-10,16-17,19,23-24H,2-6,11-15,18H2,1H3/t19-,24-/m1/s1. The van der Waals surface area contributed by atoms with Crippen LogP contribution >= 0.6 is 0 Å². The minimum atomic E-state index is -0.395. The molecular weight excluding hydrogens is 441 g/mol. The molecule has 1 aliphatic carbocycles. The van der Waals surface area contributed by atoms with E-state index in [4.69, 9.17) is 0 Å². The van der Waals surface area contributed by atoms with Crippen molar-refractivity contribution in [3.8, 4) is 11.1 Å². The van der Waals surface area contributed by atoms with Gasteiger partial charge in [-0.05, 0) is 74.8 Å². The van der Waals surface area contributed by atoms with Crippen molar-refractivity contribution in [2.24, 2.45) is 0 Å². The highest BCUT2D eigenvalue weighted by atomic mass is 19.1. The van der Waals surface area contributed by atoms with Gasteiger partial charge in [-0.1, -0.05) is 24.6 Å². The van der Waals surface area contributed by atoms with Crippen molar-refractivity contribution >= 4 is 11.8 Å². The molecule has 0 spiro atoms. The fourth-order valence-corrected chi connectivity index (χ4v) is 6.41. The third-order valence-electron chi connectivity index (χ3n) is 8.79. The van der Waals surface area contributed by atoms with Gasteiger partial charge in [-0.2, -0.15) is 0 Å². The number of rotatable bonds is 4. The zero-order valence-corrected chi connectivity index (χ0v) is 20.5. The number of nitrogens with zero attached hydrogens (tertiary/aromatic N) is 3. The summed E-state index contributed by atoms with van der Waals surface area (Å²) in [6.07, 6.45) is 7.78. The van der Waals surface area contributed by atoms with E-state index in [9.17, 15) is 9.59 Å². The second kappa shape index (κ2) is 9.05. The summed E-state index contributed by atoms with van der Waals surface area (Å²) in [5.74, 6) is -0.382. The Morgan fingerprint density at radius 2 is 1.74 bits per heavy atom. The first-order chi connectivity index (χ1) is 17.0. The van der Waals surface area contributed by atoms with Crippen LogP contribution in [0, 0.1) is 5.82 Å². The monoisotopic (exact) mass is 475 g/mol. The van der Waals surface area contributed by atoms with Crippen molar-refractivity contribution in [3.63, 3.8) is 0 Å². The van der Waals surface area contributed by atoms with E-state index in [1.165, 1.54) is 25.3 Å². The summed E-state index contributed by atoms with van der Waals surface area (Å²) in [4.78, 5) is 32.6. The van der Waals surface area contributed by atoms with Gasteiger partial charge in [0.2, 0.25) is 0 Å². The first-order valence-corrected chi connectivity index (χ1v) is 13.3. The minimum Gasteiger partial charge on any atom is -0.336 e. The van der Waals surface area contributed by atoms with E-state index < -0.39 is 5.82 Å². The third-order valence-corrected chi connectivity index (χ3v) is 8.79. The number of halogens is 1. The number of amides is 2. The molecule has 2 atom stereocenters. The van der Waals surface area contributed by atoms with E-state index in [0.717, 1.165) is 74.6 Å². The normalized spacial score (nSPS) is 25.1. The molecule has 0 aromatic heterocycles. The smallest absolute Gasteiger partial charge is 0.254 e. The van der Waals surface area contributed by atoms with Gasteiger partial charge in [0.25, 0.3) is 11.8 Å². The van der Waals surface area contributed by atoms with Crippen LogP contribution in [0.5, 0.6) is 0 Å². The molecule has 5 nitrogen and oxygen atoms in total. The van der Waals surface area contributed by atoms with Crippen molar-refractivity contribution in [3.05, 3.63) is 58.9 Å². The minimum absolute atomic E-state index is 0.0978. The second-order valence-corrected chi connectivity index (χ2v) is 10.8. The van der Waals surface area contributed by atoms with E-state index in [1.54, 1.807) is 12.1 Å². The predicted octanol–water partition coefficient (Wildman–Crippen LogP) is 4.74. The Kier molecular flexibility index (Phi) is 5.87. The van der Waals surface area contributed by atoms with Crippen LogP contribution in [0.1, 0.15) is 71.7 Å². The van der Waals surface area contributed by atoms with Gasteiger partial charge in [0.15, 0.2) is 0 Å². The van der Waals surface area contributed by atoms with Crippen LogP contribution in [0.2, 0.25) is 0 Å². The zero-order valence-electron chi connectivity index (χ0n) is 20.5. The van der Waals surface area contributed by atoms with Crippen LogP contribution in [0.4, 0.5) is 4.39 Å². The molecule has 3 fully saturated rings. The summed E-state index contributed by atoms with van der Waals surface area (Å²) in [5.41, 5.74) is 3.37. The molecule has 1 saturated carbocycles. The Hall–Kier alpha value is -2.73. The molecule has 0 unspecified atom stereocenters. The molecule has 6 heteroatoms. The molecule has 6 rings (SSSR count). The molecule has 3 heterocycles. The molecular formula is C29H34FN3O2. The third kappa shape index (κ3) is 4.06. The van der Waals surface area contributed by atoms with Crippen LogP contribution in [-0.4, -0.2) is 70.8 Å². The summed E-state index contributed by atoms with van der Waals surface area (Å²) >= 11 is 0. The summed E-state index contributed by atoms with van der Waals surface area (Å²) in [6.45, 7) is 5.60.